The Hall–Kier alpha value is -2.02. The minimum atomic E-state index is -0.973. The maximum Gasteiger partial charge on any atom is 0.324 e. The summed E-state index contributed by atoms with van der Waals surface area (Å²) < 4.78 is 32.5. The van der Waals surface area contributed by atoms with E-state index in [0.29, 0.717) is 11.0 Å². The van der Waals surface area contributed by atoms with Gasteiger partial charge in [0.2, 0.25) is 0 Å². The van der Waals surface area contributed by atoms with Crippen molar-refractivity contribution in [2.45, 2.75) is 19.5 Å². The first-order chi connectivity index (χ1) is 9.02. The molecule has 0 spiro atoms. The highest BCUT2D eigenvalue weighted by molar-refractivity contribution is 5.77. The van der Waals surface area contributed by atoms with Crippen LogP contribution in [0.2, 0.25) is 0 Å². The molecule has 0 radical (unpaired) electrons. The molecule has 0 aliphatic heterocycles. The molecule has 5 nitrogen and oxygen atoms in total. The van der Waals surface area contributed by atoms with Crippen LogP contribution in [0.15, 0.2) is 18.5 Å². The van der Waals surface area contributed by atoms with E-state index in [4.69, 9.17) is 10.5 Å². The number of hydrogen-bond donors (Lipinski definition) is 1. The summed E-state index contributed by atoms with van der Waals surface area (Å²) in [6, 6.07) is 1.14. The van der Waals surface area contributed by atoms with E-state index in [0.717, 1.165) is 12.1 Å². The van der Waals surface area contributed by atoms with Crippen molar-refractivity contribution in [2.75, 3.05) is 6.61 Å². The third-order valence-corrected chi connectivity index (χ3v) is 2.65. The van der Waals surface area contributed by atoms with Crippen molar-refractivity contribution in [2.24, 2.45) is 5.73 Å². The molecule has 2 N–H and O–H groups in total. The highest BCUT2D eigenvalue weighted by Crippen LogP contribution is 2.17. The largest absolute Gasteiger partial charge is 0.465 e. The Balaban J connectivity index is 2.26. The zero-order valence-electron chi connectivity index (χ0n) is 10.3. The van der Waals surface area contributed by atoms with E-state index in [9.17, 15) is 13.6 Å². The van der Waals surface area contributed by atoms with Gasteiger partial charge >= 0.3 is 5.97 Å². The standard InChI is InChI=1S/C12H13F2N3O2/c1-2-19-12(18)9(15)5-17-6-16-10-3-7(13)8(14)4-11(10)17/h3-4,6,9H,2,5,15H2,1H3. The third kappa shape index (κ3) is 2.70. The maximum absolute atomic E-state index is 13.2. The zero-order chi connectivity index (χ0) is 14.0. The quantitative estimate of drug-likeness (QED) is 0.847. The molecule has 19 heavy (non-hydrogen) atoms. The Morgan fingerprint density at radius 2 is 2.16 bits per heavy atom. The van der Waals surface area contributed by atoms with Crippen molar-refractivity contribution in [3.05, 3.63) is 30.1 Å². The molecule has 0 fully saturated rings. The van der Waals surface area contributed by atoms with E-state index in [1.54, 1.807) is 6.92 Å². The molecule has 2 rings (SSSR count). The summed E-state index contributed by atoms with van der Waals surface area (Å²) in [5.41, 5.74) is 6.34. The molecule has 1 heterocycles. The van der Waals surface area contributed by atoms with Gasteiger partial charge in [0.15, 0.2) is 11.6 Å². The normalized spacial score (nSPS) is 12.6. The Morgan fingerprint density at radius 1 is 1.47 bits per heavy atom. The monoisotopic (exact) mass is 269 g/mol. The van der Waals surface area contributed by atoms with Crippen LogP contribution in [-0.4, -0.2) is 28.2 Å². The summed E-state index contributed by atoms with van der Waals surface area (Å²) in [7, 11) is 0. The van der Waals surface area contributed by atoms with Gasteiger partial charge in [-0.3, -0.25) is 4.79 Å². The molecule has 1 atom stereocenters. The molecule has 0 saturated heterocycles. The predicted molar refractivity (Wildman–Crippen MR) is 64.3 cm³/mol. The minimum absolute atomic E-state index is 0.0837. The number of carbonyl (C=O) groups is 1. The highest BCUT2D eigenvalue weighted by atomic mass is 19.2. The van der Waals surface area contributed by atoms with Crippen LogP contribution < -0.4 is 5.73 Å². The average Bonchev–Trinajstić information content (AvgIpc) is 2.73. The molecule has 1 unspecified atom stereocenters. The van der Waals surface area contributed by atoms with E-state index in [1.165, 1.54) is 10.9 Å². The molecule has 102 valence electrons. The number of esters is 1. The number of imidazole rings is 1. The smallest absolute Gasteiger partial charge is 0.324 e. The maximum atomic E-state index is 13.2. The van der Waals surface area contributed by atoms with E-state index < -0.39 is 23.6 Å². The summed E-state index contributed by atoms with van der Waals surface area (Å²) >= 11 is 0. The molecule has 1 aromatic carbocycles. The summed E-state index contributed by atoms with van der Waals surface area (Å²) in [6.07, 6.45) is 1.38. The van der Waals surface area contributed by atoms with Gasteiger partial charge in [0, 0.05) is 12.1 Å². The SMILES string of the molecule is CCOC(=O)C(N)Cn1cnc2cc(F)c(F)cc21. The number of fused-ring (bicyclic) bond motifs is 1. The number of ether oxygens (including phenoxy) is 1. The molecule has 1 aromatic heterocycles. The van der Waals surface area contributed by atoms with Gasteiger partial charge in [0.1, 0.15) is 6.04 Å². The summed E-state index contributed by atoms with van der Waals surface area (Å²) in [4.78, 5) is 15.3. The van der Waals surface area contributed by atoms with Crippen LogP contribution in [0.5, 0.6) is 0 Å². The molecule has 0 saturated carbocycles. The van der Waals surface area contributed by atoms with Gasteiger partial charge in [-0.15, -0.1) is 0 Å². The van der Waals surface area contributed by atoms with Crippen LogP contribution in [0.1, 0.15) is 6.92 Å². The van der Waals surface area contributed by atoms with Gasteiger partial charge < -0.3 is 15.0 Å². The Morgan fingerprint density at radius 3 is 2.84 bits per heavy atom. The number of nitrogens with zero attached hydrogens (tertiary/aromatic N) is 2. The van der Waals surface area contributed by atoms with Crippen LogP contribution >= 0.6 is 0 Å². The third-order valence-electron chi connectivity index (χ3n) is 2.65. The molecule has 0 aliphatic rings. The number of carbonyl (C=O) groups excluding carboxylic acids is 1. The van der Waals surface area contributed by atoms with Crippen molar-refractivity contribution in [3.63, 3.8) is 0 Å². The Labute approximate surface area is 108 Å². The van der Waals surface area contributed by atoms with Crippen LogP contribution in [-0.2, 0) is 16.1 Å². The first-order valence-electron chi connectivity index (χ1n) is 5.75. The Kier molecular flexibility index (Phi) is 3.75. The second kappa shape index (κ2) is 5.31. The number of hydrogen-bond acceptors (Lipinski definition) is 4. The number of aromatic nitrogens is 2. The number of rotatable bonds is 4. The van der Waals surface area contributed by atoms with Crippen molar-refractivity contribution in [1.82, 2.24) is 9.55 Å². The molecule has 0 amide bonds. The topological polar surface area (TPSA) is 70.1 Å². The number of nitrogens with two attached hydrogens (primary N) is 1. The van der Waals surface area contributed by atoms with Gasteiger partial charge in [-0.25, -0.2) is 13.8 Å². The first kappa shape index (κ1) is 13.4. The van der Waals surface area contributed by atoms with Gasteiger partial charge in [0.05, 0.1) is 30.5 Å². The fourth-order valence-corrected chi connectivity index (χ4v) is 1.73. The van der Waals surface area contributed by atoms with Crippen LogP contribution in [0.4, 0.5) is 8.78 Å². The fraction of sp³-hybridized carbons (Fsp3) is 0.333. The van der Waals surface area contributed by atoms with Gasteiger partial charge in [-0.1, -0.05) is 0 Å². The van der Waals surface area contributed by atoms with Crippen molar-refractivity contribution in [1.29, 1.82) is 0 Å². The van der Waals surface area contributed by atoms with Gasteiger partial charge in [0.25, 0.3) is 0 Å². The average molecular weight is 269 g/mol. The van der Waals surface area contributed by atoms with E-state index in [1.807, 2.05) is 0 Å². The molecule has 0 aliphatic carbocycles. The van der Waals surface area contributed by atoms with Crippen LogP contribution in [0.25, 0.3) is 11.0 Å². The van der Waals surface area contributed by atoms with Crippen LogP contribution in [0, 0.1) is 11.6 Å². The lowest BCUT2D eigenvalue weighted by atomic mass is 10.2. The van der Waals surface area contributed by atoms with Crippen LogP contribution in [0.3, 0.4) is 0 Å². The predicted octanol–water partition coefficient (Wildman–Crippen LogP) is 1.20. The lowest BCUT2D eigenvalue weighted by molar-refractivity contribution is -0.144. The lowest BCUT2D eigenvalue weighted by Gasteiger charge is -2.11. The fourth-order valence-electron chi connectivity index (χ4n) is 1.73. The van der Waals surface area contributed by atoms with Crippen molar-refractivity contribution < 1.29 is 18.3 Å². The summed E-state index contributed by atoms with van der Waals surface area (Å²) in [5.74, 6) is -2.49. The van der Waals surface area contributed by atoms with E-state index in [2.05, 4.69) is 4.98 Å². The number of halogens is 2. The molecular weight excluding hydrogens is 256 g/mol. The number of benzene rings is 1. The lowest BCUT2D eigenvalue weighted by Crippen LogP contribution is -2.36. The zero-order valence-corrected chi connectivity index (χ0v) is 10.3. The molecule has 2 aromatic rings. The van der Waals surface area contributed by atoms with E-state index in [-0.39, 0.29) is 13.2 Å². The summed E-state index contributed by atoms with van der Waals surface area (Å²) in [5, 5.41) is 0. The first-order valence-corrected chi connectivity index (χ1v) is 5.75. The molecule has 0 bridgehead atoms. The van der Waals surface area contributed by atoms with Gasteiger partial charge in [-0.2, -0.15) is 0 Å². The molecule has 7 heteroatoms. The molecular formula is C12H13F2N3O2. The van der Waals surface area contributed by atoms with Crippen molar-refractivity contribution in [3.8, 4) is 0 Å². The summed E-state index contributed by atoms with van der Waals surface area (Å²) in [6.45, 7) is 1.99. The second-order valence-corrected chi connectivity index (χ2v) is 4.01. The highest BCUT2D eigenvalue weighted by Gasteiger charge is 2.17. The minimum Gasteiger partial charge on any atom is -0.465 e. The van der Waals surface area contributed by atoms with Gasteiger partial charge in [-0.05, 0) is 6.92 Å². The Bertz CT molecular complexity index is 612. The second-order valence-electron chi connectivity index (χ2n) is 4.01. The van der Waals surface area contributed by atoms with Crippen molar-refractivity contribution >= 4 is 17.0 Å². The van der Waals surface area contributed by atoms with E-state index >= 15 is 0 Å².